The Labute approximate surface area is 429 Å². The first-order valence-corrected chi connectivity index (χ1v) is 28.2. The first-order valence-electron chi connectivity index (χ1n) is 28.2. The molecule has 6 rings (SSSR count). The zero-order chi connectivity index (χ0) is 50.9. The topological polar surface area (TPSA) is 139 Å². The van der Waals surface area contributed by atoms with Crippen LogP contribution >= 0.6 is 0 Å². The molecule has 1 aromatic carbocycles. The van der Waals surface area contributed by atoms with Gasteiger partial charge in [-0.15, -0.1) is 0 Å². The molecule has 5 aliphatic rings. The number of carbonyl (C=O) groups is 2. The average Bonchev–Trinajstić information content (AvgIpc) is 3.36. The van der Waals surface area contributed by atoms with E-state index >= 15 is 4.79 Å². The Bertz CT molecular complexity index is 1770. The number of benzene rings is 1. The van der Waals surface area contributed by atoms with E-state index < -0.39 is 42.7 Å². The van der Waals surface area contributed by atoms with Crippen LogP contribution in [0.25, 0.3) is 0 Å². The van der Waals surface area contributed by atoms with E-state index in [1.165, 1.54) is 50.5 Å². The molecule has 71 heavy (non-hydrogen) atoms. The van der Waals surface area contributed by atoms with Crippen molar-refractivity contribution in [2.45, 2.75) is 192 Å². The van der Waals surface area contributed by atoms with Gasteiger partial charge in [0.15, 0.2) is 12.1 Å². The van der Waals surface area contributed by atoms with E-state index in [2.05, 4.69) is 83.8 Å². The highest BCUT2D eigenvalue weighted by molar-refractivity contribution is 5.92. The first-order chi connectivity index (χ1) is 34.2. The molecule has 0 bridgehead atoms. The summed E-state index contributed by atoms with van der Waals surface area (Å²) in [5, 5.41) is 34.9. The van der Waals surface area contributed by atoms with Crippen molar-refractivity contribution in [3.8, 4) is 0 Å². The highest BCUT2D eigenvalue weighted by Crippen LogP contribution is 2.36. The highest BCUT2D eigenvalue weighted by Gasteiger charge is 2.45. The lowest BCUT2D eigenvalue weighted by molar-refractivity contribution is -0.281. The predicted molar refractivity (Wildman–Crippen MR) is 283 cm³/mol. The summed E-state index contributed by atoms with van der Waals surface area (Å²) in [7, 11) is 5.78. The van der Waals surface area contributed by atoms with Crippen LogP contribution in [0, 0.1) is 23.7 Å². The minimum atomic E-state index is -1.07. The number of esters is 1. The van der Waals surface area contributed by atoms with Crippen molar-refractivity contribution in [1.82, 2.24) is 24.5 Å². The third-order valence-electron chi connectivity index (χ3n) is 17.0. The summed E-state index contributed by atoms with van der Waals surface area (Å²) >= 11 is 0. The summed E-state index contributed by atoms with van der Waals surface area (Å²) in [6.07, 6.45) is 16.5. The van der Waals surface area contributed by atoms with E-state index in [1.54, 1.807) is 6.92 Å². The number of aliphatic hydroxyl groups excluding tert-OH is 3. The average molecular weight is 992 g/mol. The fourth-order valence-corrected chi connectivity index (χ4v) is 12.7. The molecular formula is C58H97N5O8. The number of ether oxygens (including phenoxy) is 3. The Hall–Kier alpha value is -2.56. The second-order valence-corrected chi connectivity index (χ2v) is 22.9. The fraction of sp³-hybridized carbons (Fsp3) is 0.793. The number of likely N-dealkylation sites (N-methyl/N-ethyl adjacent to an activating group) is 1. The largest absolute Gasteiger partial charge is 0.465 e. The smallest absolute Gasteiger partial charge is 0.308 e. The summed E-state index contributed by atoms with van der Waals surface area (Å²) in [6, 6.07) is 10.6. The van der Waals surface area contributed by atoms with E-state index in [-0.39, 0.29) is 67.2 Å². The third-order valence-corrected chi connectivity index (χ3v) is 17.0. The van der Waals surface area contributed by atoms with Crippen LogP contribution in [0.4, 0.5) is 0 Å². The lowest BCUT2D eigenvalue weighted by Gasteiger charge is -2.44. The first kappa shape index (κ1) is 57.7. The molecule has 13 atom stereocenters. The molecule has 0 saturated carbocycles. The van der Waals surface area contributed by atoms with Gasteiger partial charge in [0.1, 0.15) is 6.10 Å². The van der Waals surface area contributed by atoms with Crippen molar-refractivity contribution in [2.75, 3.05) is 80.2 Å². The van der Waals surface area contributed by atoms with Gasteiger partial charge in [-0.2, -0.15) is 0 Å². The van der Waals surface area contributed by atoms with Crippen molar-refractivity contribution in [1.29, 1.82) is 0 Å². The van der Waals surface area contributed by atoms with Crippen molar-refractivity contribution < 1.29 is 39.1 Å². The van der Waals surface area contributed by atoms with Gasteiger partial charge in [0.2, 0.25) is 0 Å². The SMILES string of the molecule is CC(CC1=C[C@H](CN(C)Cc2ccccc2)COC(=O)C[C@@H](O)[C@@H](CC(C)N2CCCCC2)[C@H](CCO[C@@H]2O[C@H](C)[C@@H](O)[C@H](N(C)C)[C@H]2O)CC[C@H](CC(C)N2CCCCC2)C(=O)C=C1)N1CCCCC1. The van der Waals surface area contributed by atoms with Crippen LogP contribution in [0.1, 0.15) is 136 Å². The molecular weight excluding hydrogens is 895 g/mol. The van der Waals surface area contributed by atoms with E-state index in [9.17, 15) is 20.1 Å². The molecule has 402 valence electrons. The molecule has 4 fully saturated rings. The maximum absolute atomic E-state index is 15.0. The number of hydrogen-bond acceptors (Lipinski definition) is 13. The Morgan fingerprint density at radius 2 is 1.34 bits per heavy atom. The number of cyclic esters (lactones) is 1. The predicted octanol–water partition coefficient (Wildman–Crippen LogP) is 7.32. The fourth-order valence-electron chi connectivity index (χ4n) is 12.7. The van der Waals surface area contributed by atoms with Crippen molar-refractivity contribution in [3.05, 3.63) is 59.7 Å². The number of carbonyl (C=O) groups excluding carboxylic acids is 2. The zero-order valence-electron chi connectivity index (χ0n) is 45.1. The Kier molecular flexibility index (Phi) is 24.0. The molecule has 0 radical (unpaired) electrons. The molecule has 0 spiro atoms. The molecule has 13 heteroatoms. The Balaban J connectivity index is 1.34. The van der Waals surface area contributed by atoms with Gasteiger partial charge < -0.3 is 54.0 Å². The number of ketones is 1. The second kappa shape index (κ2) is 29.5. The summed E-state index contributed by atoms with van der Waals surface area (Å²) in [6.45, 7) is 16.7. The lowest BCUT2D eigenvalue weighted by Crippen LogP contribution is -2.62. The van der Waals surface area contributed by atoms with Crippen LogP contribution in [0.2, 0.25) is 0 Å². The normalized spacial score (nSPS) is 32.4. The summed E-state index contributed by atoms with van der Waals surface area (Å²) in [5.41, 5.74) is 2.30. The number of likely N-dealkylation sites (tertiary alicyclic amines) is 3. The maximum atomic E-state index is 15.0. The van der Waals surface area contributed by atoms with Crippen molar-refractivity contribution in [3.63, 3.8) is 0 Å². The van der Waals surface area contributed by atoms with Crippen molar-refractivity contribution in [2.24, 2.45) is 23.7 Å². The molecule has 1 aromatic rings. The molecule has 3 unspecified atom stereocenters. The highest BCUT2D eigenvalue weighted by atomic mass is 16.7. The van der Waals surface area contributed by atoms with Gasteiger partial charge in [0.25, 0.3) is 0 Å². The molecule has 4 saturated heterocycles. The van der Waals surface area contributed by atoms with Crippen LogP contribution in [-0.2, 0) is 30.3 Å². The number of nitrogens with zero attached hydrogens (tertiary/aromatic N) is 5. The van der Waals surface area contributed by atoms with Gasteiger partial charge in [-0.1, -0.05) is 61.7 Å². The third kappa shape index (κ3) is 18.1. The number of piperidine rings is 3. The summed E-state index contributed by atoms with van der Waals surface area (Å²) < 4.78 is 18.7. The Morgan fingerprint density at radius 1 is 0.746 bits per heavy atom. The number of allylic oxidation sites excluding steroid dienone is 2. The molecule has 13 nitrogen and oxygen atoms in total. The van der Waals surface area contributed by atoms with Gasteiger partial charge in [-0.05, 0) is 194 Å². The summed E-state index contributed by atoms with van der Waals surface area (Å²) in [5.74, 6) is -1.04. The van der Waals surface area contributed by atoms with Crippen LogP contribution in [-0.4, -0.2) is 187 Å². The maximum Gasteiger partial charge on any atom is 0.308 e. The van der Waals surface area contributed by atoms with E-state index in [1.807, 2.05) is 31.1 Å². The van der Waals surface area contributed by atoms with E-state index in [0.29, 0.717) is 32.2 Å². The van der Waals surface area contributed by atoms with Crippen LogP contribution in [0.5, 0.6) is 0 Å². The van der Waals surface area contributed by atoms with Crippen LogP contribution in [0.3, 0.4) is 0 Å². The molecule has 0 amide bonds. The zero-order valence-corrected chi connectivity index (χ0v) is 45.1. The van der Waals surface area contributed by atoms with Gasteiger partial charge in [-0.3, -0.25) is 9.59 Å². The number of hydrogen-bond donors (Lipinski definition) is 3. The van der Waals surface area contributed by atoms with E-state index in [4.69, 9.17) is 14.2 Å². The number of aliphatic hydroxyl groups is 3. The van der Waals surface area contributed by atoms with Gasteiger partial charge in [0, 0.05) is 43.1 Å². The van der Waals surface area contributed by atoms with E-state index in [0.717, 1.165) is 77.1 Å². The monoisotopic (exact) mass is 992 g/mol. The number of rotatable bonds is 18. The lowest BCUT2D eigenvalue weighted by atomic mass is 9.75. The molecule has 3 N–H and O–H groups in total. The quantitative estimate of drug-likeness (QED) is 0.127. The van der Waals surface area contributed by atoms with Crippen LogP contribution < -0.4 is 0 Å². The summed E-state index contributed by atoms with van der Waals surface area (Å²) in [4.78, 5) is 41.0. The minimum Gasteiger partial charge on any atom is -0.465 e. The molecule has 5 heterocycles. The molecule has 0 aromatic heterocycles. The van der Waals surface area contributed by atoms with Crippen molar-refractivity contribution >= 4 is 11.8 Å². The van der Waals surface area contributed by atoms with Crippen LogP contribution in [0.15, 0.2) is 54.1 Å². The van der Waals surface area contributed by atoms with Gasteiger partial charge in [0.05, 0.1) is 44.0 Å². The molecule has 5 aliphatic heterocycles. The molecule has 0 aliphatic carbocycles. The van der Waals surface area contributed by atoms with Gasteiger partial charge in [-0.25, -0.2) is 0 Å². The standard InChI is InChI=1S/C58H97N5O8/c1-42(61-27-14-9-15-28-61)34-47-22-25-52(64)50(35-43(2)62-29-16-10-17-30-62)24-23-49(26-33-69-58-57(68)55(59(5)6)56(67)45(4)71-58)51(36-44(3)63-31-18-11-19-32-63)53(65)38-54(66)70-41-48(37-47)40-60(7)39-46-20-12-8-13-21-46/h8,12-13,20-22,25,37,42-45,48-51,53,55-58,65,67-68H,9-11,14-19,23-24,26-36,38-41H2,1-7H3/t42?,43?,44?,45-,48-,49+,50-,51+,53-,55+,56-,57-,58-/m1/s1. The second-order valence-electron chi connectivity index (χ2n) is 22.9. The Morgan fingerprint density at radius 3 is 1.94 bits per heavy atom. The minimum absolute atomic E-state index is 0.115. The van der Waals surface area contributed by atoms with Gasteiger partial charge >= 0.3 is 5.97 Å².